The first-order valence-corrected chi connectivity index (χ1v) is 5.99. The summed E-state index contributed by atoms with van der Waals surface area (Å²) < 4.78 is 5.01. The van der Waals surface area contributed by atoms with Gasteiger partial charge in [0.15, 0.2) is 11.4 Å². The number of ether oxygens (including phenoxy) is 1. The van der Waals surface area contributed by atoms with Crippen LogP contribution < -0.4 is 0 Å². The van der Waals surface area contributed by atoms with Crippen LogP contribution in [0.5, 0.6) is 0 Å². The lowest BCUT2D eigenvalue weighted by Crippen LogP contribution is -2.36. The largest absolute Gasteiger partial charge is 0.448 e. The predicted octanol–water partition coefficient (Wildman–Crippen LogP) is 2.75. The van der Waals surface area contributed by atoms with Gasteiger partial charge in [-0.2, -0.15) is 0 Å². The molecule has 0 heterocycles. The van der Waals surface area contributed by atoms with Gasteiger partial charge in [-0.25, -0.2) is 4.79 Å². The van der Waals surface area contributed by atoms with Gasteiger partial charge in [-0.05, 0) is 19.9 Å². The molecule has 0 atom stereocenters. The molecule has 0 saturated heterocycles. The maximum atomic E-state index is 12.3. The summed E-state index contributed by atoms with van der Waals surface area (Å²) in [5, 5.41) is 0. The van der Waals surface area contributed by atoms with Crippen LogP contribution in [0.25, 0.3) is 0 Å². The third kappa shape index (κ3) is 3.51. The van der Waals surface area contributed by atoms with Crippen molar-refractivity contribution in [3.05, 3.63) is 60.7 Å². The number of carbonyl (C=O) groups is 3. The summed E-state index contributed by atoms with van der Waals surface area (Å²) in [7, 11) is 0. The highest BCUT2D eigenvalue weighted by Gasteiger charge is 2.32. The Morgan fingerprint density at radius 3 is 1.95 bits per heavy atom. The van der Waals surface area contributed by atoms with Gasteiger partial charge in [0.2, 0.25) is 5.78 Å². The number of esters is 1. The molecule has 104 valence electrons. The summed E-state index contributed by atoms with van der Waals surface area (Å²) in [5.74, 6) is -1.24. The molecule has 20 heavy (non-hydrogen) atoms. The Labute approximate surface area is 117 Å². The molecule has 0 aliphatic carbocycles. The summed E-state index contributed by atoms with van der Waals surface area (Å²) in [6.07, 6.45) is 2.20. The van der Waals surface area contributed by atoms with Gasteiger partial charge in [-0.15, -0.1) is 0 Å². The second kappa shape index (κ2) is 6.10. The quantitative estimate of drug-likeness (QED) is 0.454. The van der Waals surface area contributed by atoms with Crippen LogP contribution in [0.4, 0.5) is 0 Å². The van der Waals surface area contributed by atoms with E-state index >= 15 is 0 Å². The third-order valence-electron chi connectivity index (χ3n) is 2.69. The standard InChI is InChI=1S/C16H16O4/c1-5-13(17)11-7-9-12(10-8-11)15(19)16(3,4)20-14(18)6-2/h5-10H,1-2H2,3-4H3. The van der Waals surface area contributed by atoms with E-state index in [1.54, 1.807) is 0 Å². The Bertz CT molecular complexity index is 565. The molecular formula is C16H16O4. The molecule has 0 spiro atoms. The molecule has 0 radical (unpaired) electrons. The first kappa shape index (κ1) is 15.6. The van der Waals surface area contributed by atoms with Crippen molar-refractivity contribution in [3.8, 4) is 0 Å². The average Bonchev–Trinajstić information content (AvgIpc) is 2.45. The van der Waals surface area contributed by atoms with Crippen LogP contribution in [0.15, 0.2) is 49.6 Å². The van der Waals surface area contributed by atoms with Crippen molar-refractivity contribution < 1.29 is 19.1 Å². The van der Waals surface area contributed by atoms with Crippen molar-refractivity contribution >= 4 is 17.5 Å². The minimum atomic E-state index is -1.30. The molecular weight excluding hydrogens is 256 g/mol. The van der Waals surface area contributed by atoms with Gasteiger partial charge in [0.05, 0.1) is 0 Å². The summed E-state index contributed by atoms with van der Waals surface area (Å²) in [4.78, 5) is 34.8. The lowest BCUT2D eigenvalue weighted by molar-refractivity contribution is -0.146. The number of rotatable bonds is 6. The third-order valence-corrected chi connectivity index (χ3v) is 2.69. The van der Waals surface area contributed by atoms with Crippen molar-refractivity contribution in [2.24, 2.45) is 0 Å². The monoisotopic (exact) mass is 272 g/mol. The molecule has 0 aromatic heterocycles. The second-order valence-electron chi connectivity index (χ2n) is 4.61. The maximum absolute atomic E-state index is 12.3. The second-order valence-corrected chi connectivity index (χ2v) is 4.61. The van der Waals surface area contributed by atoms with Crippen LogP contribution >= 0.6 is 0 Å². The van der Waals surface area contributed by atoms with Gasteiger partial charge < -0.3 is 4.74 Å². The Hall–Kier alpha value is -2.49. The smallest absolute Gasteiger partial charge is 0.331 e. The van der Waals surface area contributed by atoms with E-state index in [2.05, 4.69) is 13.2 Å². The van der Waals surface area contributed by atoms with Gasteiger partial charge >= 0.3 is 5.97 Å². The van der Waals surface area contributed by atoms with Crippen molar-refractivity contribution in [1.82, 2.24) is 0 Å². The van der Waals surface area contributed by atoms with E-state index < -0.39 is 11.6 Å². The zero-order chi connectivity index (χ0) is 15.3. The maximum Gasteiger partial charge on any atom is 0.331 e. The van der Waals surface area contributed by atoms with E-state index in [1.807, 2.05) is 0 Å². The molecule has 0 aliphatic heterocycles. The number of allylic oxidation sites excluding steroid dienone is 1. The van der Waals surface area contributed by atoms with E-state index in [4.69, 9.17) is 4.74 Å². The van der Waals surface area contributed by atoms with E-state index in [0.29, 0.717) is 11.1 Å². The minimum Gasteiger partial charge on any atom is -0.448 e. The predicted molar refractivity (Wildman–Crippen MR) is 75.7 cm³/mol. The van der Waals surface area contributed by atoms with E-state index in [9.17, 15) is 14.4 Å². The molecule has 0 N–H and O–H groups in total. The van der Waals surface area contributed by atoms with Gasteiger partial charge in [-0.1, -0.05) is 37.4 Å². The zero-order valence-electron chi connectivity index (χ0n) is 11.5. The fourth-order valence-corrected chi connectivity index (χ4v) is 1.59. The lowest BCUT2D eigenvalue weighted by Gasteiger charge is -2.22. The van der Waals surface area contributed by atoms with E-state index in [1.165, 1.54) is 44.2 Å². The topological polar surface area (TPSA) is 60.4 Å². The number of carbonyl (C=O) groups excluding carboxylic acids is 3. The van der Waals surface area contributed by atoms with Gasteiger partial charge in [0, 0.05) is 17.2 Å². The van der Waals surface area contributed by atoms with Crippen molar-refractivity contribution in [2.45, 2.75) is 19.4 Å². The zero-order valence-corrected chi connectivity index (χ0v) is 11.5. The summed E-state index contributed by atoms with van der Waals surface area (Å²) in [6.45, 7) is 9.68. The normalized spacial score (nSPS) is 10.5. The van der Waals surface area contributed by atoms with Crippen LogP contribution in [-0.2, 0) is 9.53 Å². The fourth-order valence-electron chi connectivity index (χ4n) is 1.59. The number of hydrogen-bond donors (Lipinski definition) is 0. The Morgan fingerprint density at radius 1 is 1.00 bits per heavy atom. The molecule has 1 rings (SSSR count). The molecule has 0 unspecified atom stereocenters. The first-order chi connectivity index (χ1) is 9.31. The molecule has 0 saturated carbocycles. The average molecular weight is 272 g/mol. The van der Waals surface area contributed by atoms with Crippen molar-refractivity contribution in [2.75, 3.05) is 0 Å². The SMILES string of the molecule is C=CC(=O)OC(C)(C)C(=O)c1ccc(C(=O)C=C)cc1. The molecule has 1 aromatic rings. The number of ketones is 2. The number of Topliss-reactive ketones (excluding diaryl/α,β-unsaturated/α-hetero) is 1. The highest BCUT2D eigenvalue weighted by Crippen LogP contribution is 2.18. The van der Waals surface area contributed by atoms with E-state index in [0.717, 1.165) is 6.08 Å². The molecule has 4 nitrogen and oxygen atoms in total. The van der Waals surface area contributed by atoms with Crippen LogP contribution in [0, 0.1) is 0 Å². The molecule has 0 bridgehead atoms. The Morgan fingerprint density at radius 2 is 1.50 bits per heavy atom. The first-order valence-electron chi connectivity index (χ1n) is 5.99. The summed E-state index contributed by atoms with van der Waals surface area (Å²) in [6, 6.07) is 6.09. The van der Waals surface area contributed by atoms with Crippen LogP contribution in [-0.4, -0.2) is 23.1 Å². The van der Waals surface area contributed by atoms with Crippen LogP contribution in [0.2, 0.25) is 0 Å². The highest BCUT2D eigenvalue weighted by molar-refractivity contribution is 6.06. The van der Waals surface area contributed by atoms with Crippen LogP contribution in [0.1, 0.15) is 34.6 Å². The molecule has 0 amide bonds. The molecule has 0 fully saturated rings. The number of benzene rings is 1. The lowest BCUT2D eigenvalue weighted by atomic mass is 9.95. The number of hydrogen-bond acceptors (Lipinski definition) is 4. The minimum absolute atomic E-state index is 0.221. The van der Waals surface area contributed by atoms with Crippen molar-refractivity contribution in [3.63, 3.8) is 0 Å². The fraction of sp³-hybridized carbons (Fsp3) is 0.188. The van der Waals surface area contributed by atoms with Gasteiger partial charge in [0.25, 0.3) is 0 Å². The molecule has 1 aromatic carbocycles. The highest BCUT2D eigenvalue weighted by atomic mass is 16.6. The van der Waals surface area contributed by atoms with Gasteiger partial charge in [-0.3, -0.25) is 9.59 Å². The molecule has 0 aliphatic rings. The van der Waals surface area contributed by atoms with Gasteiger partial charge in [0.1, 0.15) is 0 Å². The van der Waals surface area contributed by atoms with E-state index in [-0.39, 0.29) is 11.6 Å². The Balaban J connectivity index is 2.97. The Kier molecular flexibility index (Phi) is 4.75. The van der Waals surface area contributed by atoms with Crippen LogP contribution in [0.3, 0.4) is 0 Å². The molecule has 4 heteroatoms. The summed E-state index contributed by atoms with van der Waals surface area (Å²) in [5.41, 5.74) is -0.500. The summed E-state index contributed by atoms with van der Waals surface area (Å²) >= 11 is 0. The van der Waals surface area contributed by atoms with Crippen molar-refractivity contribution in [1.29, 1.82) is 0 Å².